The van der Waals surface area contributed by atoms with Crippen LogP contribution in [0.3, 0.4) is 0 Å². The van der Waals surface area contributed by atoms with Gasteiger partial charge in [0.15, 0.2) is 0 Å². The summed E-state index contributed by atoms with van der Waals surface area (Å²) in [6.07, 6.45) is 0.385. The minimum atomic E-state index is -0.515. The lowest BCUT2D eigenvalue weighted by Crippen LogP contribution is -2.39. The molecule has 1 aromatic carbocycles. The molecule has 0 radical (unpaired) electrons. The predicted molar refractivity (Wildman–Crippen MR) is 104 cm³/mol. The Morgan fingerprint density at radius 1 is 1.40 bits per heavy atom. The maximum absolute atomic E-state index is 12.5. The highest BCUT2D eigenvalue weighted by Crippen LogP contribution is 2.65. The van der Waals surface area contributed by atoms with Crippen molar-refractivity contribution >= 4 is 46.5 Å². The van der Waals surface area contributed by atoms with Gasteiger partial charge in [-0.15, -0.1) is 0 Å². The van der Waals surface area contributed by atoms with Gasteiger partial charge < -0.3 is 15.4 Å². The summed E-state index contributed by atoms with van der Waals surface area (Å²) in [6, 6.07) is 5.69. The average molecular weight is 401 g/mol. The van der Waals surface area contributed by atoms with E-state index in [9.17, 15) is 4.79 Å². The molecule has 2 fully saturated rings. The van der Waals surface area contributed by atoms with Crippen molar-refractivity contribution in [3.8, 4) is 0 Å². The number of likely N-dealkylation sites (tertiary alicyclic amines) is 1. The number of nitrogens with two attached hydrogens (primary N) is 1. The molecule has 1 saturated heterocycles. The number of rotatable bonds is 3. The van der Waals surface area contributed by atoms with Crippen molar-refractivity contribution in [3.63, 3.8) is 0 Å². The quantitative estimate of drug-likeness (QED) is 0.763. The fourth-order valence-corrected chi connectivity index (χ4v) is 4.54. The number of ether oxygens (including phenoxy) is 1. The van der Waals surface area contributed by atoms with Gasteiger partial charge in [-0.1, -0.05) is 41.5 Å². The Morgan fingerprint density at radius 3 is 2.64 bits per heavy atom. The highest BCUT2D eigenvalue weighted by atomic mass is 35.5. The number of thiocarbonyl (C=S) groups is 1. The Hall–Kier alpha value is -1.04. The van der Waals surface area contributed by atoms with E-state index >= 15 is 0 Å². The van der Waals surface area contributed by atoms with Crippen LogP contribution in [0, 0.1) is 11.8 Å². The SMILES string of the molecule is CC(C)(C)OC(=O)N1CC2C(CC(N)=S)C2(c2ccc(Cl)c(Cl)c2)C1. The van der Waals surface area contributed by atoms with Crippen LogP contribution in [0.25, 0.3) is 0 Å². The zero-order valence-corrected chi connectivity index (χ0v) is 16.8. The third-order valence-corrected chi connectivity index (χ3v) is 6.01. The minimum Gasteiger partial charge on any atom is -0.444 e. The third kappa shape index (κ3) is 3.46. The third-order valence-electron chi connectivity index (χ3n) is 5.10. The molecule has 3 atom stereocenters. The number of halogens is 2. The largest absolute Gasteiger partial charge is 0.444 e. The van der Waals surface area contributed by atoms with E-state index in [2.05, 4.69) is 0 Å². The van der Waals surface area contributed by atoms with Crippen molar-refractivity contribution in [2.45, 2.75) is 38.2 Å². The van der Waals surface area contributed by atoms with Gasteiger partial charge in [0.25, 0.3) is 0 Å². The molecule has 1 amide bonds. The number of carbonyl (C=O) groups excluding carboxylic acids is 1. The van der Waals surface area contributed by atoms with Gasteiger partial charge in [0.2, 0.25) is 0 Å². The van der Waals surface area contributed by atoms with E-state index in [-0.39, 0.29) is 11.5 Å². The topological polar surface area (TPSA) is 55.6 Å². The minimum absolute atomic E-state index is 0.172. The van der Waals surface area contributed by atoms with Crippen LogP contribution in [-0.4, -0.2) is 34.7 Å². The Kier molecular flexibility index (Phi) is 4.71. The molecular formula is C18H22Cl2N2O2S. The fourth-order valence-electron chi connectivity index (χ4n) is 4.06. The van der Waals surface area contributed by atoms with E-state index in [0.717, 1.165) is 5.56 Å². The second-order valence-electron chi connectivity index (χ2n) is 7.91. The first-order chi connectivity index (χ1) is 11.5. The van der Waals surface area contributed by atoms with Crippen molar-refractivity contribution in [1.29, 1.82) is 0 Å². The predicted octanol–water partition coefficient (Wildman–Crippen LogP) is 4.40. The molecule has 3 rings (SSSR count). The molecule has 1 aliphatic heterocycles. The molecule has 7 heteroatoms. The van der Waals surface area contributed by atoms with E-state index in [1.165, 1.54) is 0 Å². The Bertz CT molecular complexity index is 734. The van der Waals surface area contributed by atoms with Crippen LogP contribution in [-0.2, 0) is 10.2 Å². The van der Waals surface area contributed by atoms with Crippen LogP contribution in [0.15, 0.2) is 18.2 Å². The molecule has 0 aromatic heterocycles. The van der Waals surface area contributed by atoms with Crippen LogP contribution >= 0.6 is 35.4 Å². The smallest absolute Gasteiger partial charge is 0.410 e. The van der Waals surface area contributed by atoms with Gasteiger partial charge in [-0.05, 0) is 50.3 Å². The number of amides is 1. The van der Waals surface area contributed by atoms with Gasteiger partial charge in [0.05, 0.1) is 15.0 Å². The van der Waals surface area contributed by atoms with Gasteiger partial charge in [-0.2, -0.15) is 0 Å². The monoisotopic (exact) mass is 400 g/mol. The Labute approximate surface area is 163 Å². The summed E-state index contributed by atoms with van der Waals surface area (Å²) in [5.41, 5.74) is 6.18. The highest BCUT2D eigenvalue weighted by Gasteiger charge is 2.70. The molecule has 1 heterocycles. The number of benzene rings is 1. The van der Waals surface area contributed by atoms with Crippen LogP contribution in [0.1, 0.15) is 32.8 Å². The summed E-state index contributed by atoms with van der Waals surface area (Å²) in [7, 11) is 0. The standard InChI is InChI=1S/C18H22Cl2N2O2S/c1-17(2,3)24-16(23)22-8-12-11(7-15(21)25)18(12,9-22)10-4-5-13(19)14(20)6-10/h4-6,11-12H,7-9H2,1-3H3,(H2,21,25). The van der Waals surface area contributed by atoms with Gasteiger partial charge in [0.1, 0.15) is 5.60 Å². The summed E-state index contributed by atoms with van der Waals surface area (Å²) in [4.78, 5) is 14.7. The lowest BCUT2D eigenvalue weighted by Gasteiger charge is -2.28. The van der Waals surface area contributed by atoms with Gasteiger partial charge >= 0.3 is 6.09 Å². The molecule has 3 unspecified atom stereocenters. The van der Waals surface area contributed by atoms with Crippen molar-refractivity contribution < 1.29 is 9.53 Å². The van der Waals surface area contributed by atoms with E-state index in [1.54, 1.807) is 11.0 Å². The van der Waals surface area contributed by atoms with Crippen molar-refractivity contribution in [2.24, 2.45) is 17.6 Å². The first-order valence-corrected chi connectivity index (χ1v) is 9.43. The normalized spacial score (nSPS) is 27.8. The molecule has 1 saturated carbocycles. The summed E-state index contributed by atoms with van der Waals surface area (Å²) in [5, 5.41) is 1.04. The summed E-state index contributed by atoms with van der Waals surface area (Å²) in [5.74, 6) is 0.625. The van der Waals surface area contributed by atoms with Crippen molar-refractivity contribution in [1.82, 2.24) is 4.90 Å². The maximum Gasteiger partial charge on any atom is 0.410 e. The van der Waals surface area contributed by atoms with Gasteiger partial charge in [0, 0.05) is 24.9 Å². The van der Waals surface area contributed by atoms with Gasteiger partial charge in [-0.3, -0.25) is 0 Å². The van der Waals surface area contributed by atoms with Crippen LogP contribution in [0.2, 0.25) is 10.0 Å². The number of nitrogens with zero attached hydrogens (tertiary/aromatic N) is 1. The molecule has 0 bridgehead atoms. The summed E-state index contributed by atoms with van der Waals surface area (Å²) in [6.45, 7) is 6.82. The zero-order chi connectivity index (χ0) is 18.6. The van der Waals surface area contributed by atoms with Crippen molar-refractivity contribution in [3.05, 3.63) is 33.8 Å². The van der Waals surface area contributed by atoms with Crippen LogP contribution in [0.5, 0.6) is 0 Å². The highest BCUT2D eigenvalue weighted by molar-refractivity contribution is 7.80. The second kappa shape index (κ2) is 6.29. The number of carbonyl (C=O) groups is 1. The van der Waals surface area contributed by atoms with Crippen molar-refractivity contribution in [2.75, 3.05) is 13.1 Å². The van der Waals surface area contributed by atoms with Crippen LogP contribution < -0.4 is 5.73 Å². The van der Waals surface area contributed by atoms with E-state index in [0.29, 0.717) is 46.4 Å². The van der Waals surface area contributed by atoms with E-state index < -0.39 is 5.60 Å². The molecule has 4 nitrogen and oxygen atoms in total. The molecule has 1 aliphatic carbocycles. The number of hydrogen-bond donors (Lipinski definition) is 1. The number of fused-ring (bicyclic) bond motifs is 1. The maximum atomic E-state index is 12.5. The molecule has 0 spiro atoms. The lowest BCUT2D eigenvalue weighted by atomic mass is 9.92. The molecule has 25 heavy (non-hydrogen) atoms. The molecule has 2 aliphatic rings. The summed E-state index contributed by atoms with van der Waals surface area (Å²) < 4.78 is 5.52. The Balaban J connectivity index is 1.86. The first kappa shape index (κ1) is 18.7. The molecule has 136 valence electrons. The second-order valence-corrected chi connectivity index (χ2v) is 9.25. The summed E-state index contributed by atoms with van der Waals surface area (Å²) >= 11 is 17.4. The lowest BCUT2D eigenvalue weighted by molar-refractivity contribution is 0.0261. The molecule has 1 aromatic rings. The Morgan fingerprint density at radius 2 is 2.08 bits per heavy atom. The average Bonchev–Trinajstić information content (AvgIpc) is 2.89. The van der Waals surface area contributed by atoms with Crippen LogP contribution in [0.4, 0.5) is 4.79 Å². The molecular weight excluding hydrogens is 379 g/mol. The number of hydrogen-bond acceptors (Lipinski definition) is 3. The number of piperidine rings is 1. The van der Waals surface area contributed by atoms with E-state index in [1.807, 2.05) is 32.9 Å². The fraction of sp³-hybridized carbons (Fsp3) is 0.556. The zero-order valence-electron chi connectivity index (χ0n) is 14.5. The first-order valence-electron chi connectivity index (χ1n) is 8.26. The van der Waals surface area contributed by atoms with E-state index in [4.69, 9.17) is 45.9 Å². The van der Waals surface area contributed by atoms with Gasteiger partial charge in [-0.25, -0.2) is 4.79 Å². The molecule has 2 N–H and O–H groups in total.